The van der Waals surface area contributed by atoms with E-state index in [1.54, 1.807) is 14.0 Å². The van der Waals surface area contributed by atoms with E-state index in [0.717, 1.165) is 6.42 Å². The number of nitrogens with two attached hydrogens (primary N) is 1. The van der Waals surface area contributed by atoms with E-state index in [2.05, 4.69) is 13.8 Å². The van der Waals surface area contributed by atoms with Crippen molar-refractivity contribution in [3.05, 3.63) is 0 Å². The molecular weight excluding hydrogens is 266 g/mol. The molecule has 0 aliphatic heterocycles. The van der Waals surface area contributed by atoms with E-state index in [-0.39, 0.29) is 16.8 Å². The summed E-state index contributed by atoms with van der Waals surface area (Å²) in [7, 11) is 1.70. The molecule has 0 spiro atoms. The summed E-state index contributed by atoms with van der Waals surface area (Å²) in [6.07, 6.45) is 1.44. The summed E-state index contributed by atoms with van der Waals surface area (Å²) in [6, 6.07) is 0. The van der Waals surface area contributed by atoms with Crippen LogP contribution >= 0.6 is 0 Å². The van der Waals surface area contributed by atoms with Crippen molar-refractivity contribution < 1.29 is 14.3 Å². The minimum absolute atomic E-state index is 0.173. The van der Waals surface area contributed by atoms with E-state index in [1.165, 1.54) is 0 Å². The summed E-state index contributed by atoms with van der Waals surface area (Å²) in [4.78, 5) is 11.8. The second kappa shape index (κ2) is 6.76. The molecule has 126 valence electrons. The lowest BCUT2D eigenvalue weighted by molar-refractivity contribution is -0.142. The molecule has 0 aliphatic rings. The van der Waals surface area contributed by atoms with Gasteiger partial charge in [-0.2, -0.15) is 0 Å². The summed E-state index contributed by atoms with van der Waals surface area (Å²) < 4.78 is 11.3. The van der Waals surface area contributed by atoms with Gasteiger partial charge in [0, 0.05) is 17.9 Å². The third kappa shape index (κ3) is 6.05. The number of Topliss-reactive ketones (excluding diaryl/α,β-unsaturated/α-hetero) is 1. The van der Waals surface area contributed by atoms with Crippen LogP contribution in [0.3, 0.4) is 0 Å². The van der Waals surface area contributed by atoms with E-state index in [1.807, 2.05) is 34.6 Å². The van der Waals surface area contributed by atoms with Crippen molar-refractivity contribution in [1.29, 1.82) is 0 Å². The zero-order valence-corrected chi connectivity index (χ0v) is 15.4. The van der Waals surface area contributed by atoms with Crippen LogP contribution in [-0.4, -0.2) is 30.8 Å². The lowest BCUT2D eigenvalue weighted by Crippen LogP contribution is -2.54. The van der Waals surface area contributed by atoms with Gasteiger partial charge in [-0.25, -0.2) is 0 Å². The van der Waals surface area contributed by atoms with Gasteiger partial charge in [-0.15, -0.1) is 0 Å². The number of rotatable bonds is 9. The molecule has 21 heavy (non-hydrogen) atoms. The largest absolute Gasteiger partial charge is 0.379 e. The van der Waals surface area contributed by atoms with E-state index in [9.17, 15) is 4.79 Å². The highest BCUT2D eigenvalue weighted by molar-refractivity contribution is 5.81. The number of methoxy groups -OCH3 is 1. The van der Waals surface area contributed by atoms with E-state index >= 15 is 0 Å². The van der Waals surface area contributed by atoms with Gasteiger partial charge in [-0.3, -0.25) is 4.79 Å². The fourth-order valence-electron chi connectivity index (χ4n) is 2.21. The van der Waals surface area contributed by atoms with E-state index < -0.39 is 11.1 Å². The van der Waals surface area contributed by atoms with Crippen molar-refractivity contribution >= 4 is 5.78 Å². The molecule has 4 nitrogen and oxygen atoms in total. The van der Waals surface area contributed by atoms with Crippen molar-refractivity contribution in [3.63, 3.8) is 0 Å². The SMILES string of the molecule is COC(C)(C)CCOC(C)(N)C(C)(C)CC(C)(C)C(C)=O. The molecule has 2 N–H and O–H groups in total. The number of hydrogen-bond donors (Lipinski definition) is 1. The number of carbonyl (C=O) groups is 1. The number of carbonyl (C=O) groups excluding carboxylic acids is 1. The molecule has 0 aliphatic carbocycles. The molecule has 0 aromatic carbocycles. The van der Waals surface area contributed by atoms with Crippen LogP contribution in [-0.2, 0) is 14.3 Å². The summed E-state index contributed by atoms with van der Waals surface area (Å²) in [5.41, 5.74) is 4.65. The Kier molecular flexibility index (Phi) is 6.61. The van der Waals surface area contributed by atoms with Gasteiger partial charge >= 0.3 is 0 Å². The first-order valence-corrected chi connectivity index (χ1v) is 7.66. The monoisotopic (exact) mass is 301 g/mol. The van der Waals surface area contributed by atoms with Crippen molar-refractivity contribution in [2.24, 2.45) is 16.6 Å². The summed E-state index contributed by atoms with van der Waals surface area (Å²) in [6.45, 7) is 16.1. The maximum absolute atomic E-state index is 11.8. The Morgan fingerprint density at radius 2 is 1.52 bits per heavy atom. The highest BCUT2D eigenvalue weighted by atomic mass is 16.5. The van der Waals surface area contributed by atoms with Gasteiger partial charge in [0.15, 0.2) is 0 Å². The first-order chi connectivity index (χ1) is 9.17. The summed E-state index contributed by atoms with van der Waals surface area (Å²) >= 11 is 0. The van der Waals surface area contributed by atoms with Crippen LogP contribution in [0.5, 0.6) is 0 Å². The lowest BCUT2D eigenvalue weighted by Gasteiger charge is -2.45. The molecule has 0 heterocycles. The molecule has 0 saturated carbocycles. The summed E-state index contributed by atoms with van der Waals surface area (Å²) in [5.74, 6) is 0.173. The Hall–Kier alpha value is -0.450. The highest BCUT2D eigenvalue weighted by Gasteiger charge is 2.43. The molecule has 0 radical (unpaired) electrons. The molecule has 0 amide bonds. The number of ketones is 1. The molecule has 0 rings (SSSR count). The predicted octanol–water partition coefficient (Wildman–Crippen LogP) is 3.52. The van der Waals surface area contributed by atoms with Crippen LogP contribution in [0.25, 0.3) is 0 Å². The summed E-state index contributed by atoms with van der Waals surface area (Å²) in [5, 5.41) is 0. The first kappa shape index (κ1) is 20.6. The quantitative estimate of drug-likeness (QED) is 0.662. The molecule has 1 atom stereocenters. The van der Waals surface area contributed by atoms with Crippen molar-refractivity contribution in [1.82, 2.24) is 0 Å². The highest BCUT2D eigenvalue weighted by Crippen LogP contribution is 2.41. The minimum Gasteiger partial charge on any atom is -0.379 e. The third-order valence-electron chi connectivity index (χ3n) is 4.84. The molecule has 4 heteroatoms. The Morgan fingerprint density at radius 3 is 1.90 bits per heavy atom. The standard InChI is InChI=1S/C17H35NO3/c1-13(19)14(2,3)12-15(4,5)17(8,18)21-11-10-16(6,7)20-9/h10-12,18H2,1-9H3. The maximum atomic E-state index is 11.8. The predicted molar refractivity (Wildman–Crippen MR) is 87.1 cm³/mol. The topological polar surface area (TPSA) is 61.6 Å². The Bertz CT molecular complexity index is 357. The van der Waals surface area contributed by atoms with Crippen LogP contribution < -0.4 is 5.73 Å². The van der Waals surface area contributed by atoms with Crippen LogP contribution in [0, 0.1) is 10.8 Å². The fourth-order valence-corrected chi connectivity index (χ4v) is 2.21. The Morgan fingerprint density at radius 1 is 1.05 bits per heavy atom. The molecule has 1 unspecified atom stereocenters. The van der Waals surface area contributed by atoms with Gasteiger partial charge in [0.05, 0.1) is 12.2 Å². The second-order valence-electron chi connectivity index (χ2n) is 8.17. The average molecular weight is 301 g/mol. The fraction of sp³-hybridized carbons (Fsp3) is 0.941. The Labute approximate surface area is 130 Å². The smallest absolute Gasteiger partial charge is 0.135 e. The van der Waals surface area contributed by atoms with Gasteiger partial charge in [-0.1, -0.05) is 27.7 Å². The van der Waals surface area contributed by atoms with Crippen molar-refractivity contribution in [3.8, 4) is 0 Å². The zero-order chi connectivity index (χ0) is 17.1. The third-order valence-corrected chi connectivity index (χ3v) is 4.84. The molecule has 0 saturated heterocycles. The molecule has 0 bridgehead atoms. The Balaban J connectivity index is 4.77. The van der Waals surface area contributed by atoms with Gasteiger partial charge in [0.25, 0.3) is 0 Å². The maximum Gasteiger partial charge on any atom is 0.135 e. The van der Waals surface area contributed by atoms with Crippen molar-refractivity contribution in [2.75, 3.05) is 13.7 Å². The van der Waals surface area contributed by atoms with E-state index in [0.29, 0.717) is 13.0 Å². The van der Waals surface area contributed by atoms with Crippen LogP contribution in [0.15, 0.2) is 0 Å². The van der Waals surface area contributed by atoms with Crippen LogP contribution in [0.4, 0.5) is 0 Å². The second-order valence-corrected chi connectivity index (χ2v) is 8.17. The molecule has 0 fully saturated rings. The van der Waals surface area contributed by atoms with Gasteiger partial charge in [-0.05, 0) is 40.5 Å². The normalized spacial score (nSPS) is 16.7. The lowest BCUT2D eigenvalue weighted by atomic mass is 9.68. The van der Waals surface area contributed by atoms with Gasteiger partial charge < -0.3 is 15.2 Å². The molecule has 0 aromatic heterocycles. The molecular formula is C17H35NO3. The zero-order valence-electron chi connectivity index (χ0n) is 15.4. The van der Waals surface area contributed by atoms with Gasteiger partial charge in [0.1, 0.15) is 11.5 Å². The van der Waals surface area contributed by atoms with Gasteiger partial charge in [0.2, 0.25) is 0 Å². The van der Waals surface area contributed by atoms with Crippen molar-refractivity contribution in [2.45, 2.75) is 79.6 Å². The number of ether oxygens (including phenoxy) is 2. The van der Waals surface area contributed by atoms with E-state index in [4.69, 9.17) is 15.2 Å². The van der Waals surface area contributed by atoms with Crippen LogP contribution in [0.1, 0.15) is 68.2 Å². The number of hydrogen-bond acceptors (Lipinski definition) is 4. The minimum atomic E-state index is -0.802. The average Bonchev–Trinajstić information content (AvgIpc) is 2.26. The molecule has 0 aromatic rings. The first-order valence-electron chi connectivity index (χ1n) is 7.66. The van der Waals surface area contributed by atoms with Crippen LogP contribution in [0.2, 0.25) is 0 Å².